The molecule has 2 fully saturated rings. The highest BCUT2D eigenvalue weighted by molar-refractivity contribution is 6.11. The van der Waals surface area contributed by atoms with Crippen LogP contribution in [-0.2, 0) is 0 Å². The molecule has 180 valence electrons. The van der Waals surface area contributed by atoms with Gasteiger partial charge in [0.1, 0.15) is 5.82 Å². The Hall–Kier alpha value is -3.06. The predicted octanol–water partition coefficient (Wildman–Crippen LogP) is 5.39. The van der Waals surface area contributed by atoms with E-state index in [0.717, 1.165) is 48.8 Å². The molecule has 1 aromatic carbocycles. The highest BCUT2D eigenvalue weighted by atomic mass is 19.1. The molecule has 3 aliphatic rings. The predicted molar refractivity (Wildman–Crippen MR) is 138 cm³/mol. The number of allylic oxidation sites excluding steroid dienone is 3. The summed E-state index contributed by atoms with van der Waals surface area (Å²) in [7, 11) is 0. The Morgan fingerprint density at radius 3 is 2.62 bits per heavy atom. The smallest absolute Gasteiger partial charge is 0.152 e. The zero-order valence-corrected chi connectivity index (χ0v) is 21.0. The summed E-state index contributed by atoms with van der Waals surface area (Å²) in [5.74, 6) is 0.437. The van der Waals surface area contributed by atoms with Crippen molar-refractivity contribution in [3.05, 3.63) is 65.3 Å². The van der Waals surface area contributed by atoms with Crippen LogP contribution in [0.5, 0.6) is 0 Å². The molecule has 0 bridgehead atoms. The molecule has 1 N–H and O–H groups in total. The lowest BCUT2D eigenvalue weighted by atomic mass is 9.74. The fourth-order valence-electron chi connectivity index (χ4n) is 4.79. The van der Waals surface area contributed by atoms with Crippen molar-refractivity contribution in [3.8, 4) is 0 Å². The van der Waals surface area contributed by atoms with E-state index in [-0.39, 0.29) is 5.82 Å². The minimum atomic E-state index is -0.310. The van der Waals surface area contributed by atoms with Crippen LogP contribution >= 0.6 is 0 Å². The van der Waals surface area contributed by atoms with Gasteiger partial charge in [-0.05, 0) is 70.0 Å². The van der Waals surface area contributed by atoms with Gasteiger partial charge < -0.3 is 10.2 Å². The van der Waals surface area contributed by atoms with Crippen LogP contribution < -0.4 is 10.2 Å². The molecule has 0 saturated carbocycles. The minimum absolute atomic E-state index is 0.310. The first-order chi connectivity index (χ1) is 16.3. The van der Waals surface area contributed by atoms with Crippen molar-refractivity contribution in [3.63, 3.8) is 0 Å². The Morgan fingerprint density at radius 2 is 1.94 bits per heavy atom. The van der Waals surface area contributed by atoms with E-state index in [0.29, 0.717) is 27.6 Å². The maximum absolute atomic E-state index is 15.2. The second-order valence-corrected chi connectivity index (χ2v) is 9.54. The first-order valence-corrected chi connectivity index (χ1v) is 12.2. The molecule has 0 aliphatic carbocycles. The van der Waals surface area contributed by atoms with Gasteiger partial charge in [-0.25, -0.2) is 9.40 Å². The van der Waals surface area contributed by atoms with E-state index in [1.165, 1.54) is 18.9 Å². The number of hydrogen-bond donors (Lipinski definition) is 1. The van der Waals surface area contributed by atoms with Crippen molar-refractivity contribution in [2.24, 2.45) is 10.5 Å². The number of piperidine rings is 1. The molecule has 34 heavy (non-hydrogen) atoms. The number of nitrogens with one attached hydrogen (secondary N) is 1. The third-order valence-corrected chi connectivity index (χ3v) is 6.56. The van der Waals surface area contributed by atoms with E-state index in [4.69, 9.17) is 0 Å². The van der Waals surface area contributed by atoms with E-state index in [1.54, 1.807) is 5.01 Å². The number of hydrogen-bond acceptors (Lipinski definition) is 6. The van der Waals surface area contributed by atoms with E-state index in [1.807, 2.05) is 59.0 Å². The van der Waals surface area contributed by atoms with Crippen molar-refractivity contribution in [1.29, 1.82) is 0 Å². The number of rotatable bonds is 3. The summed E-state index contributed by atoms with van der Waals surface area (Å²) in [5.41, 5.74) is 5.11. The molecule has 5 rings (SSSR count). The van der Waals surface area contributed by atoms with Crippen molar-refractivity contribution < 1.29 is 4.39 Å². The average molecular weight is 463 g/mol. The fourth-order valence-corrected chi connectivity index (χ4v) is 4.79. The van der Waals surface area contributed by atoms with E-state index < -0.39 is 0 Å². The first-order valence-electron chi connectivity index (χ1n) is 12.2. The number of anilines is 1. The molecule has 1 aromatic heterocycles. The van der Waals surface area contributed by atoms with E-state index in [9.17, 15) is 0 Å². The highest BCUT2D eigenvalue weighted by Gasteiger charge is 2.44. The van der Waals surface area contributed by atoms with Gasteiger partial charge in [-0.3, -0.25) is 0 Å². The standard InChI is InChI=1S/C25H29FN6.C2H6/c1-16(2)12-32-18(4)17(3)8-22(30-32)19-9-21(26)20-11-24(29-28-23(20)10-19)31-14-25(15-31)6-5-7-27-13-25;1-2/h8-12,27H,4-7,13-15H2,1-3H3;1-2H3. The topological polar surface area (TPSA) is 56.6 Å². The summed E-state index contributed by atoms with van der Waals surface area (Å²) in [6.07, 6.45) is 6.30. The molecular formula is C27H35FN6. The molecule has 4 heterocycles. The normalized spacial score (nSPS) is 19.2. The van der Waals surface area contributed by atoms with Gasteiger partial charge >= 0.3 is 0 Å². The molecule has 6 nitrogen and oxygen atoms in total. The largest absolute Gasteiger partial charge is 0.354 e. The summed E-state index contributed by atoms with van der Waals surface area (Å²) in [6, 6.07) is 5.22. The molecule has 3 aliphatic heterocycles. The summed E-state index contributed by atoms with van der Waals surface area (Å²) >= 11 is 0. The number of nitrogens with zero attached hydrogens (tertiary/aromatic N) is 5. The number of benzene rings is 1. The molecule has 2 aromatic rings. The molecule has 0 atom stereocenters. The third kappa shape index (κ3) is 4.62. The molecule has 1 spiro atoms. The van der Waals surface area contributed by atoms with Crippen LogP contribution in [0.25, 0.3) is 10.9 Å². The van der Waals surface area contributed by atoms with Gasteiger partial charge in [0.25, 0.3) is 0 Å². The maximum atomic E-state index is 15.2. The monoisotopic (exact) mass is 462 g/mol. The van der Waals surface area contributed by atoms with Crippen molar-refractivity contribution in [1.82, 2.24) is 20.5 Å². The van der Waals surface area contributed by atoms with Crippen LogP contribution in [0.2, 0.25) is 0 Å². The lowest BCUT2D eigenvalue weighted by molar-refractivity contribution is 0.155. The summed E-state index contributed by atoms with van der Waals surface area (Å²) in [5, 5.41) is 19.2. The second-order valence-electron chi connectivity index (χ2n) is 9.54. The summed E-state index contributed by atoms with van der Waals surface area (Å²) < 4.78 is 15.2. The molecule has 0 amide bonds. The maximum Gasteiger partial charge on any atom is 0.152 e. The van der Waals surface area contributed by atoms with Crippen LogP contribution in [0.1, 0.15) is 53.0 Å². The van der Waals surface area contributed by atoms with Crippen LogP contribution in [0.15, 0.2) is 59.0 Å². The second kappa shape index (κ2) is 9.66. The Bertz CT molecular complexity index is 1180. The quantitative estimate of drug-likeness (QED) is 0.663. The zero-order valence-electron chi connectivity index (χ0n) is 21.0. The van der Waals surface area contributed by atoms with Crippen LogP contribution in [0.3, 0.4) is 0 Å². The number of hydrazone groups is 1. The average Bonchev–Trinajstić information content (AvgIpc) is 2.81. The van der Waals surface area contributed by atoms with Crippen LogP contribution in [0, 0.1) is 11.2 Å². The Balaban J connectivity index is 0.00000133. The SMILES string of the molecule is C=C1C(C)=CC(c2cc(F)c3cc(N4CC5(CCCNC5)C4)nnc3c2)=NN1C=C(C)C.CC. The Morgan fingerprint density at radius 1 is 1.18 bits per heavy atom. The summed E-state index contributed by atoms with van der Waals surface area (Å²) in [4.78, 5) is 2.20. The van der Waals surface area contributed by atoms with Crippen molar-refractivity contribution in [2.75, 3.05) is 31.1 Å². The van der Waals surface area contributed by atoms with Crippen LogP contribution in [-0.4, -0.2) is 47.1 Å². The number of fused-ring (bicyclic) bond motifs is 1. The first kappa shape index (κ1) is 24.1. The van der Waals surface area contributed by atoms with Gasteiger partial charge in [-0.1, -0.05) is 26.0 Å². The third-order valence-electron chi connectivity index (χ3n) is 6.56. The number of halogens is 1. The molecular weight excluding hydrogens is 427 g/mol. The van der Waals surface area contributed by atoms with Crippen LogP contribution in [0.4, 0.5) is 10.2 Å². The molecule has 2 saturated heterocycles. The van der Waals surface area contributed by atoms with Gasteiger partial charge in [0.2, 0.25) is 0 Å². The number of aromatic nitrogens is 2. The zero-order chi connectivity index (χ0) is 24.5. The van der Waals surface area contributed by atoms with Gasteiger partial charge in [0.05, 0.1) is 16.9 Å². The molecule has 0 unspecified atom stereocenters. The van der Waals surface area contributed by atoms with Crippen molar-refractivity contribution >= 4 is 22.4 Å². The van der Waals surface area contributed by atoms with Crippen molar-refractivity contribution in [2.45, 2.75) is 47.5 Å². The van der Waals surface area contributed by atoms with E-state index in [2.05, 4.69) is 32.1 Å². The Labute approximate surface area is 201 Å². The Kier molecular flexibility index (Phi) is 6.84. The van der Waals surface area contributed by atoms with Gasteiger partial charge in [0, 0.05) is 42.2 Å². The lowest BCUT2D eigenvalue weighted by Crippen LogP contribution is -2.62. The molecule has 0 radical (unpaired) electrons. The van der Waals surface area contributed by atoms with Gasteiger partial charge in [-0.15, -0.1) is 10.2 Å². The highest BCUT2D eigenvalue weighted by Crippen LogP contribution is 2.39. The lowest BCUT2D eigenvalue weighted by Gasteiger charge is -2.52. The molecule has 7 heteroatoms. The van der Waals surface area contributed by atoms with E-state index >= 15 is 4.39 Å². The summed E-state index contributed by atoms with van der Waals surface area (Å²) in [6.45, 7) is 18.1. The minimum Gasteiger partial charge on any atom is -0.354 e. The van der Waals surface area contributed by atoms with Gasteiger partial charge in [-0.2, -0.15) is 5.10 Å². The fraction of sp³-hybridized carbons (Fsp3) is 0.444. The van der Waals surface area contributed by atoms with Gasteiger partial charge in [0.15, 0.2) is 5.82 Å².